The molecule has 2 aliphatic heterocycles. The Morgan fingerprint density at radius 1 is 1.36 bits per heavy atom. The highest BCUT2D eigenvalue weighted by molar-refractivity contribution is 7.90. The van der Waals surface area contributed by atoms with Crippen molar-refractivity contribution >= 4 is 33.5 Å². The second-order valence-electron chi connectivity index (χ2n) is 6.93. The van der Waals surface area contributed by atoms with Gasteiger partial charge in [0.25, 0.3) is 15.9 Å². The van der Waals surface area contributed by atoms with Gasteiger partial charge in [-0.1, -0.05) is 12.7 Å². The number of ketones is 1. The van der Waals surface area contributed by atoms with E-state index >= 15 is 0 Å². The Balaban J connectivity index is 1.66. The zero-order valence-electron chi connectivity index (χ0n) is 15.2. The normalized spacial score (nSPS) is 20.0. The zero-order valence-corrected chi connectivity index (χ0v) is 16.0. The maximum absolute atomic E-state index is 13.0. The van der Waals surface area contributed by atoms with Gasteiger partial charge in [0, 0.05) is 24.8 Å². The summed E-state index contributed by atoms with van der Waals surface area (Å²) in [7, 11) is -3.97. The van der Waals surface area contributed by atoms with Gasteiger partial charge in [-0.3, -0.25) is 9.59 Å². The molecule has 28 heavy (non-hydrogen) atoms. The van der Waals surface area contributed by atoms with Crippen LogP contribution >= 0.6 is 0 Å². The molecule has 1 fully saturated rings. The standard InChI is InChI=1S/C20H20N2O5S/c1-2-13-10-17-20(24)21-16-11-14(18(23)7-6-15-4-3-9-27-15)5-8-19(16)28(25,26)22(17)12-13/h2,5,8,10-12,15H,1,3-4,6-7,9H2,(H,21,24). The molecule has 2 aliphatic rings. The van der Waals surface area contributed by atoms with E-state index in [1.807, 2.05) is 0 Å². The molecule has 8 heteroatoms. The molecule has 1 amide bonds. The fourth-order valence-electron chi connectivity index (χ4n) is 3.57. The number of nitrogens with one attached hydrogen (secondary N) is 1. The Bertz CT molecular complexity index is 1080. The molecule has 1 atom stereocenters. The van der Waals surface area contributed by atoms with Gasteiger partial charge in [-0.2, -0.15) is 0 Å². The number of carbonyl (C=O) groups is 2. The van der Waals surface area contributed by atoms with E-state index in [0.717, 1.165) is 23.4 Å². The van der Waals surface area contributed by atoms with Crippen molar-refractivity contribution in [1.29, 1.82) is 0 Å². The summed E-state index contributed by atoms with van der Waals surface area (Å²) in [6.45, 7) is 4.34. The number of amides is 1. The maximum atomic E-state index is 13.0. The Hall–Kier alpha value is -2.71. The molecule has 0 radical (unpaired) electrons. The third-order valence-electron chi connectivity index (χ3n) is 5.08. The predicted molar refractivity (Wildman–Crippen MR) is 104 cm³/mol. The number of benzene rings is 1. The lowest BCUT2D eigenvalue weighted by Crippen LogP contribution is -2.16. The average molecular weight is 400 g/mol. The Morgan fingerprint density at radius 2 is 2.18 bits per heavy atom. The van der Waals surface area contributed by atoms with Gasteiger partial charge in [0.05, 0.1) is 11.8 Å². The van der Waals surface area contributed by atoms with E-state index in [4.69, 9.17) is 4.74 Å². The lowest BCUT2D eigenvalue weighted by Gasteiger charge is -2.11. The number of aromatic nitrogens is 1. The molecule has 1 unspecified atom stereocenters. The van der Waals surface area contributed by atoms with Gasteiger partial charge in [-0.15, -0.1) is 0 Å². The highest BCUT2D eigenvalue weighted by atomic mass is 32.2. The minimum absolute atomic E-state index is 0.00245. The monoisotopic (exact) mass is 400 g/mol. The number of carbonyl (C=O) groups excluding carboxylic acids is 2. The topological polar surface area (TPSA) is 94.5 Å². The number of rotatable bonds is 5. The van der Waals surface area contributed by atoms with Gasteiger partial charge in [-0.05, 0) is 49.1 Å². The minimum Gasteiger partial charge on any atom is -0.378 e. The predicted octanol–water partition coefficient (Wildman–Crippen LogP) is 3.08. The van der Waals surface area contributed by atoms with E-state index in [-0.39, 0.29) is 28.2 Å². The fraction of sp³-hybridized carbons (Fsp3) is 0.300. The van der Waals surface area contributed by atoms with Crippen molar-refractivity contribution < 1.29 is 22.7 Å². The third-order valence-corrected chi connectivity index (χ3v) is 6.81. The molecular formula is C20H20N2O5S. The van der Waals surface area contributed by atoms with E-state index in [1.54, 1.807) is 0 Å². The molecule has 0 saturated carbocycles. The first-order chi connectivity index (χ1) is 13.4. The van der Waals surface area contributed by atoms with Crippen molar-refractivity contribution in [2.75, 3.05) is 11.9 Å². The van der Waals surface area contributed by atoms with Gasteiger partial charge < -0.3 is 10.1 Å². The van der Waals surface area contributed by atoms with Crippen molar-refractivity contribution in [2.24, 2.45) is 0 Å². The number of anilines is 1. The van der Waals surface area contributed by atoms with Crippen LogP contribution in [0.15, 0.2) is 41.9 Å². The molecule has 1 saturated heterocycles. The molecule has 7 nitrogen and oxygen atoms in total. The molecule has 1 N–H and O–H groups in total. The van der Waals surface area contributed by atoms with Crippen LogP contribution in [-0.4, -0.2) is 36.8 Å². The first kappa shape index (κ1) is 18.6. The van der Waals surface area contributed by atoms with E-state index in [0.29, 0.717) is 24.0 Å². The van der Waals surface area contributed by atoms with E-state index in [2.05, 4.69) is 11.9 Å². The summed E-state index contributed by atoms with van der Waals surface area (Å²) in [6, 6.07) is 5.75. The molecule has 1 aromatic heterocycles. The molecule has 0 aliphatic carbocycles. The molecule has 4 rings (SSSR count). The van der Waals surface area contributed by atoms with Crippen LogP contribution in [0.2, 0.25) is 0 Å². The van der Waals surface area contributed by atoms with Crippen molar-refractivity contribution in [1.82, 2.24) is 3.97 Å². The number of hydrogen-bond donors (Lipinski definition) is 1. The van der Waals surface area contributed by atoms with Gasteiger partial charge in [0.15, 0.2) is 5.78 Å². The summed E-state index contributed by atoms with van der Waals surface area (Å²) in [6.07, 6.45) is 5.85. The average Bonchev–Trinajstić information content (AvgIpc) is 3.34. The molecule has 2 aromatic rings. The van der Waals surface area contributed by atoms with E-state index in [9.17, 15) is 18.0 Å². The summed E-state index contributed by atoms with van der Waals surface area (Å²) >= 11 is 0. The van der Waals surface area contributed by atoms with Crippen LogP contribution in [0.1, 0.15) is 52.1 Å². The van der Waals surface area contributed by atoms with E-state index < -0.39 is 15.9 Å². The number of ether oxygens (including phenoxy) is 1. The van der Waals surface area contributed by atoms with Gasteiger partial charge in [0.2, 0.25) is 0 Å². The van der Waals surface area contributed by atoms with Crippen LogP contribution in [0.5, 0.6) is 0 Å². The van der Waals surface area contributed by atoms with Crippen molar-refractivity contribution in [3.63, 3.8) is 0 Å². The van der Waals surface area contributed by atoms with E-state index in [1.165, 1.54) is 36.5 Å². The van der Waals surface area contributed by atoms with Crippen LogP contribution < -0.4 is 5.32 Å². The Kier molecular flexibility index (Phi) is 4.68. The van der Waals surface area contributed by atoms with Crippen molar-refractivity contribution in [3.05, 3.63) is 53.9 Å². The highest BCUT2D eigenvalue weighted by Crippen LogP contribution is 2.31. The van der Waals surface area contributed by atoms with Gasteiger partial charge in [-0.25, -0.2) is 12.4 Å². The smallest absolute Gasteiger partial charge is 0.273 e. The number of Topliss-reactive ketones (excluding diaryl/α,β-unsaturated/α-hetero) is 1. The summed E-state index contributed by atoms with van der Waals surface area (Å²) in [5.41, 5.74) is 0.998. The van der Waals surface area contributed by atoms with Crippen LogP contribution in [-0.2, 0) is 14.8 Å². The summed E-state index contributed by atoms with van der Waals surface area (Å²) in [4.78, 5) is 25.0. The highest BCUT2D eigenvalue weighted by Gasteiger charge is 2.31. The molecule has 146 valence electrons. The Morgan fingerprint density at radius 3 is 2.89 bits per heavy atom. The fourth-order valence-corrected chi connectivity index (χ4v) is 5.06. The first-order valence-electron chi connectivity index (χ1n) is 9.11. The zero-order chi connectivity index (χ0) is 19.9. The van der Waals surface area contributed by atoms with Gasteiger partial charge in [0.1, 0.15) is 10.6 Å². The number of fused-ring (bicyclic) bond motifs is 2. The summed E-state index contributed by atoms with van der Waals surface area (Å²) in [5.74, 6) is -0.665. The number of hydrogen-bond acceptors (Lipinski definition) is 5. The van der Waals surface area contributed by atoms with Crippen LogP contribution in [0.3, 0.4) is 0 Å². The van der Waals surface area contributed by atoms with Crippen molar-refractivity contribution in [3.8, 4) is 0 Å². The molecule has 0 spiro atoms. The maximum Gasteiger partial charge on any atom is 0.273 e. The molecular weight excluding hydrogens is 380 g/mol. The quantitative estimate of drug-likeness (QED) is 0.779. The van der Waals surface area contributed by atoms with Crippen LogP contribution in [0, 0.1) is 0 Å². The van der Waals surface area contributed by atoms with Crippen LogP contribution in [0.4, 0.5) is 5.69 Å². The SMILES string of the molecule is C=Cc1cc2n(c1)S(=O)(=O)c1ccc(C(=O)CCC3CCCO3)cc1NC2=O. The third kappa shape index (κ3) is 3.18. The summed E-state index contributed by atoms with van der Waals surface area (Å²) < 4.78 is 32.5. The molecule has 1 aromatic carbocycles. The second-order valence-corrected chi connectivity index (χ2v) is 8.71. The minimum atomic E-state index is -3.97. The van der Waals surface area contributed by atoms with Crippen molar-refractivity contribution in [2.45, 2.75) is 36.7 Å². The number of nitrogens with zero attached hydrogens (tertiary/aromatic N) is 1. The molecule has 0 bridgehead atoms. The first-order valence-corrected chi connectivity index (χ1v) is 10.5. The Labute approximate surface area is 163 Å². The van der Waals surface area contributed by atoms with Crippen LogP contribution in [0.25, 0.3) is 6.08 Å². The second kappa shape index (κ2) is 7.03. The lowest BCUT2D eigenvalue weighted by atomic mass is 10.0. The van der Waals surface area contributed by atoms with Gasteiger partial charge >= 0.3 is 0 Å². The largest absolute Gasteiger partial charge is 0.378 e. The summed E-state index contributed by atoms with van der Waals surface area (Å²) in [5, 5.41) is 2.61. The molecule has 3 heterocycles. The lowest BCUT2D eigenvalue weighted by molar-refractivity contribution is 0.0859.